The molecule has 3 aliphatic rings. The van der Waals surface area contributed by atoms with Gasteiger partial charge >= 0.3 is 5.97 Å². The summed E-state index contributed by atoms with van der Waals surface area (Å²) in [5, 5.41) is 13.3. The maximum Gasteiger partial charge on any atom is 0.310 e. The van der Waals surface area contributed by atoms with Gasteiger partial charge in [0, 0.05) is 29.7 Å². The second-order valence-corrected chi connectivity index (χ2v) is 12.3. The minimum atomic E-state index is -0.795. The number of nitrogens with zero attached hydrogens (tertiary/aromatic N) is 2. The number of benzene rings is 1. The zero-order valence-corrected chi connectivity index (χ0v) is 23.6. The highest BCUT2D eigenvalue weighted by atomic mass is 32.2. The monoisotopic (exact) mass is 531 g/mol. The molecule has 0 saturated carbocycles. The standard InChI is InChI=1S/C28H41N3O5S/c1-7-30(8-2)19-12-10-18(11-13-19)29-25(33)24-28-17(6)14-21(37-28)22(27(35)36-9-3)23(28)26(34)31(24)20(15-32)16(4)5/h10-13,16-17,20-24,32H,7-9,14-15H2,1-6H3,(H,29,33)/t17?,20-,21-,22+,23-,24?,28?/m0/s1. The van der Waals surface area contributed by atoms with E-state index in [1.165, 1.54) is 0 Å². The molecule has 3 unspecified atom stereocenters. The Labute approximate surface area is 224 Å². The maximum atomic E-state index is 14.1. The van der Waals surface area contributed by atoms with Crippen molar-refractivity contribution in [3.05, 3.63) is 24.3 Å². The first-order valence-electron chi connectivity index (χ1n) is 13.6. The topological polar surface area (TPSA) is 99.2 Å². The van der Waals surface area contributed by atoms with Crippen molar-refractivity contribution in [1.29, 1.82) is 0 Å². The fourth-order valence-electron chi connectivity index (χ4n) is 6.80. The number of thioether (sulfide) groups is 1. The van der Waals surface area contributed by atoms with E-state index in [2.05, 4.69) is 31.0 Å². The van der Waals surface area contributed by atoms with Crippen molar-refractivity contribution in [2.24, 2.45) is 23.7 Å². The summed E-state index contributed by atoms with van der Waals surface area (Å²) >= 11 is 1.61. The second kappa shape index (κ2) is 10.8. The molecule has 0 aliphatic carbocycles. The molecule has 8 nitrogen and oxygen atoms in total. The van der Waals surface area contributed by atoms with Gasteiger partial charge in [-0.25, -0.2) is 0 Å². The SMILES string of the molecule is CCOC(=O)[C@@H]1[C@@H]2CC(C)C3(S2)C(C(=O)Nc2ccc(N(CC)CC)cc2)N([C@@H](CO)C(C)C)C(=O)[C@H]13. The van der Waals surface area contributed by atoms with Crippen LogP contribution in [0.5, 0.6) is 0 Å². The zero-order chi connectivity index (χ0) is 27.1. The van der Waals surface area contributed by atoms with Gasteiger partial charge in [0.1, 0.15) is 6.04 Å². The number of hydrogen-bond acceptors (Lipinski definition) is 7. The summed E-state index contributed by atoms with van der Waals surface area (Å²) in [4.78, 5) is 45.1. The molecule has 3 fully saturated rings. The van der Waals surface area contributed by atoms with E-state index in [-0.39, 0.29) is 48.1 Å². The van der Waals surface area contributed by atoms with Gasteiger partial charge in [0.25, 0.3) is 0 Å². The molecule has 0 radical (unpaired) electrons. The molecule has 2 bridgehead atoms. The number of amides is 2. The van der Waals surface area contributed by atoms with Crippen LogP contribution in [0.25, 0.3) is 0 Å². The molecule has 3 heterocycles. The van der Waals surface area contributed by atoms with Gasteiger partial charge < -0.3 is 25.0 Å². The molecule has 9 heteroatoms. The smallest absolute Gasteiger partial charge is 0.310 e. The normalized spacial score (nSPS) is 31.0. The molecule has 3 aliphatic heterocycles. The zero-order valence-electron chi connectivity index (χ0n) is 22.8. The Kier molecular flexibility index (Phi) is 8.14. The third-order valence-electron chi connectivity index (χ3n) is 8.57. The molecule has 1 aromatic rings. The summed E-state index contributed by atoms with van der Waals surface area (Å²) in [6.45, 7) is 13.7. The van der Waals surface area contributed by atoms with E-state index < -0.39 is 28.7 Å². The summed E-state index contributed by atoms with van der Waals surface area (Å²) in [7, 11) is 0. The van der Waals surface area contributed by atoms with E-state index in [0.717, 1.165) is 25.2 Å². The van der Waals surface area contributed by atoms with E-state index >= 15 is 0 Å². The van der Waals surface area contributed by atoms with Crippen LogP contribution in [0.2, 0.25) is 0 Å². The summed E-state index contributed by atoms with van der Waals surface area (Å²) < 4.78 is 4.66. The van der Waals surface area contributed by atoms with Gasteiger partial charge in [0.2, 0.25) is 11.8 Å². The number of esters is 1. The molecule has 1 spiro atoms. The second-order valence-electron chi connectivity index (χ2n) is 10.8. The molecule has 2 N–H and O–H groups in total. The highest BCUT2D eigenvalue weighted by molar-refractivity contribution is 8.02. The van der Waals surface area contributed by atoms with Gasteiger partial charge in [-0.3, -0.25) is 14.4 Å². The molecule has 4 rings (SSSR count). The minimum Gasteiger partial charge on any atom is -0.466 e. The third-order valence-corrected chi connectivity index (χ3v) is 10.6. The Morgan fingerprint density at radius 2 is 1.86 bits per heavy atom. The number of anilines is 2. The minimum absolute atomic E-state index is 0.0550. The van der Waals surface area contributed by atoms with Crippen LogP contribution in [0.3, 0.4) is 0 Å². The van der Waals surface area contributed by atoms with Crippen LogP contribution < -0.4 is 10.2 Å². The van der Waals surface area contributed by atoms with Crippen LogP contribution in [-0.2, 0) is 19.1 Å². The highest BCUT2D eigenvalue weighted by Gasteiger charge is 2.77. The van der Waals surface area contributed by atoms with E-state index in [0.29, 0.717) is 5.69 Å². The lowest BCUT2D eigenvalue weighted by molar-refractivity contribution is -0.154. The largest absolute Gasteiger partial charge is 0.466 e. The Morgan fingerprint density at radius 1 is 1.22 bits per heavy atom. The number of likely N-dealkylation sites (tertiary alicyclic amines) is 1. The molecule has 7 atom stereocenters. The van der Waals surface area contributed by atoms with E-state index in [9.17, 15) is 19.5 Å². The molecule has 1 aromatic carbocycles. The van der Waals surface area contributed by atoms with Crippen LogP contribution in [0, 0.1) is 23.7 Å². The predicted octanol–water partition coefficient (Wildman–Crippen LogP) is 3.39. The molecular weight excluding hydrogens is 490 g/mol. The van der Waals surface area contributed by atoms with Gasteiger partial charge in [-0.1, -0.05) is 20.8 Å². The van der Waals surface area contributed by atoms with Gasteiger partial charge in [-0.15, -0.1) is 11.8 Å². The van der Waals surface area contributed by atoms with E-state index in [4.69, 9.17) is 4.74 Å². The first-order chi connectivity index (χ1) is 17.7. The highest BCUT2D eigenvalue weighted by Crippen LogP contribution is 2.69. The molecule has 204 valence electrons. The fourth-order valence-corrected chi connectivity index (χ4v) is 9.19. The van der Waals surface area contributed by atoms with Gasteiger partial charge in [-0.2, -0.15) is 0 Å². The molecule has 3 saturated heterocycles. The van der Waals surface area contributed by atoms with E-state index in [1.54, 1.807) is 23.6 Å². The summed E-state index contributed by atoms with van der Waals surface area (Å²) in [6.07, 6.45) is 0.750. The van der Waals surface area contributed by atoms with Crippen LogP contribution in [-0.4, -0.2) is 76.2 Å². The van der Waals surface area contributed by atoms with Crippen molar-refractivity contribution in [2.75, 3.05) is 36.5 Å². The average Bonchev–Trinajstić information content (AvgIpc) is 3.45. The Hall–Kier alpha value is -2.26. The number of carbonyl (C=O) groups is 3. The Balaban J connectivity index is 1.72. The van der Waals surface area contributed by atoms with Crippen LogP contribution in [0.4, 0.5) is 11.4 Å². The lowest BCUT2D eigenvalue weighted by Gasteiger charge is -2.40. The van der Waals surface area contributed by atoms with Gasteiger partial charge in [-0.05, 0) is 63.3 Å². The third kappa shape index (κ3) is 4.42. The number of nitrogens with one attached hydrogen (secondary N) is 1. The number of hydrogen-bond donors (Lipinski definition) is 2. The van der Waals surface area contributed by atoms with Crippen LogP contribution in [0.15, 0.2) is 24.3 Å². The number of fused-ring (bicyclic) bond motifs is 1. The van der Waals surface area contributed by atoms with Crippen LogP contribution in [0.1, 0.15) is 48.0 Å². The van der Waals surface area contributed by atoms with Crippen molar-refractivity contribution in [3.63, 3.8) is 0 Å². The van der Waals surface area contributed by atoms with Crippen molar-refractivity contribution >= 4 is 40.9 Å². The molecule has 37 heavy (non-hydrogen) atoms. The first-order valence-corrected chi connectivity index (χ1v) is 14.5. The fraction of sp³-hybridized carbons (Fsp3) is 0.679. The summed E-state index contributed by atoms with van der Waals surface area (Å²) in [5.74, 6) is -2.07. The van der Waals surface area contributed by atoms with Crippen molar-refractivity contribution in [2.45, 2.75) is 70.0 Å². The summed E-state index contributed by atoms with van der Waals surface area (Å²) in [6, 6.07) is 6.43. The molecule has 2 amide bonds. The van der Waals surface area contributed by atoms with Crippen LogP contribution >= 0.6 is 11.8 Å². The van der Waals surface area contributed by atoms with E-state index in [1.807, 2.05) is 38.1 Å². The number of rotatable bonds is 10. The lowest BCUT2D eigenvalue weighted by atomic mass is 9.66. The van der Waals surface area contributed by atoms with Crippen molar-refractivity contribution in [1.82, 2.24) is 4.90 Å². The number of carbonyl (C=O) groups excluding carboxylic acids is 3. The molecular formula is C28H41N3O5S. The first kappa shape index (κ1) is 27.8. The van der Waals surface area contributed by atoms with Crippen molar-refractivity contribution in [3.8, 4) is 0 Å². The van der Waals surface area contributed by atoms with Crippen molar-refractivity contribution < 1.29 is 24.2 Å². The quantitative estimate of drug-likeness (QED) is 0.447. The number of ether oxygens (including phenoxy) is 1. The lowest BCUT2D eigenvalue weighted by Crippen LogP contribution is -2.57. The molecule has 0 aromatic heterocycles. The predicted molar refractivity (Wildman–Crippen MR) is 146 cm³/mol. The maximum absolute atomic E-state index is 14.1. The Bertz CT molecular complexity index is 1010. The number of aliphatic hydroxyl groups is 1. The number of aliphatic hydroxyl groups excluding tert-OH is 1. The van der Waals surface area contributed by atoms with Gasteiger partial charge in [0.15, 0.2) is 0 Å². The summed E-state index contributed by atoms with van der Waals surface area (Å²) in [5.41, 5.74) is 1.74. The van der Waals surface area contributed by atoms with Gasteiger partial charge in [0.05, 0.1) is 35.8 Å². The average molecular weight is 532 g/mol. The Morgan fingerprint density at radius 3 is 2.41 bits per heavy atom.